The largest absolute Gasteiger partial charge is 0.351 e. The summed E-state index contributed by atoms with van der Waals surface area (Å²) in [5.41, 5.74) is 8.34. The minimum atomic E-state index is -0.148. The molecule has 0 spiro atoms. The van der Waals surface area contributed by atoms with Crippen LogP contribution in [0.4, 0.5) is 11.4 Å². The van der Waals surface area contributed by atoms with E-state index in [-0.39, 0.29) is 18.0 Å². The Labute approximate surface area is 246 Å². The molecular formula is C34H33N5OS. The van der Waals surface area contributed by atoms with Gasteiger partial charge in [0.15, 0.2) is 5.11 Å². The van der Waals surface area contributed by atoms with E-state index in [0.29, 0.717) is 11.5 Å². The van der Waals surface area contributed by atoms with E-state index in [2.05, 4.69) is 94.6 Å². The van der Waals surface area contributed by atoms with Gasteiger partial charge in [-0.25, -0.2) is 0 Å². The van der Waals surface area contributed by atoms with Crippen LogP contribution in [-0.2, 0) is 4.79 Å². The summed E-state index contributed by atoms with van der Waals surface area (Å²) < 4.78 is 2.35. The lowest BCUT2D eigenvalue weighted by atomic mass is 9.96. The molecule has 0 unspecified atom stereocenters. The fourth-order valence-corrected chi connectivity index (χ4v) is 6.33. The van der Waals surface area contributed by atoms with Gasteiger partial charge < -0.3 is 20.1 Å². The highest BCUT2D eigenvalue weighted by atomic mass is 32.1. The predicted octanol–water partition coefficient (Wildman–Crippen LogP) is 7.48. The third kappa shape index (κ3) is 4.76. The fourth-order valence-electron chi connectivity index (χ4n) is 5.99. The van der Waals surface area contributed by atoms with Crippen molar-refractivity contribution in [3.05, 3.63) is 119 Å². The maximum Gasteiger partial charge on any atom is 0.224 e. The van der Waals surface area contributed by atoms with E-state index in [1.807, 2.05) is 44.3 Å². The van der Waals surface area contributed by atoms with Crippen LogP contribution in [-0.4, -0.2) is 20.6 Å². The summed E-state index contributed by atoms with van der Waals surface area (Å²) in [6.07, 6.45) is 2.26. The molecule has 206 valence electrons. The minimum Gasteiger partial charge on any atom is -0.351 e. The molecule has 3 aromatic carbocycles. The number of nitrogens with zero attached hydrogens (tertiary/aromatic N) is 3. The molecule has 0 saturated carbocycles. The van der Waals surface area contributed by atoms with Crippen molar-refractivity contribution < 1.29 is 4.79 Å². The van der Waals surface area contributed by atoms with Crippen molar-refractivity contribution in [3.8, 4) is 5.69 Å². The molecule has 1 aliphatic rings. The van der Waals surface area contributed by atoms with E-state index in [9.17, 15) is 4.79 Å². The Hall–Kier alpha value is -4.49. The van der Waals surface area contributed by atoms with Crippen LogP contribution >= 0.6 is 12.2 Å². The molecule has 1 aliphatic heterocycles. The number of anilines is 2. The molecule has 0 aliphatic carbocycles. The zero-order valence-corrected chi connectivity index (χ0v) is 24.5. The van der Waals surface area contributed by atoms with Crippen molar-refractivity contribution in [2.24, 2.45) is 0 Å². The second-order valence-corrected chi connectivity index (χ2v) is 10.9. The van der Waals surface area contributed by atoms with Crippen molar-refractivity contribution in [2.75, 3.05) is 10.2 Å². The zero-order chi connectivity index (χ0) is 28.7. The molecule has 41 heavy (non-hydrogen) atoms. The van der Waals surface area contributed by atoms with Crippen molar-refractivity contribution in [3.63, 3.8) is 0 Å². The smallest absolute Gasteiger partial charge is 0.224 e. The Bertz CT molecular complexity index is 1770. The highest BCUT2D eigenvalue weighted by molar-refractivity contribution is 7.80. The molecule has 7 heteroatoms. The Morgan fingerprint density at radius 2 is 1.76 bits per heavy atom. The molecule has 5 aromatic rings. The number of fused-ring (bicyclic) bond motifs is 1. The van der Waals surface area contributed by atoms with Gasteiger partial charge in [0.05, 0.1) is 23.5 Å². The van der Waals surface area contributed by atoms with Crippen molar-refractivity contribution >= 4 is 45.4 Å². The molecule has 1 fully saturated rings. The zero-order valence-electron chi connectivity index (χ0n) is 23.7. The summed E-state index contributed by atoms with van der Waals surface area (Å²) in [6.45, 7) is 8.21. The van der Waals surface area contributed by atoms with Gasteiger partial charge in [-0.1, -0.05) is 49.4 Å². The number of carbonyl (C=O) groups excluding carboxylic acids is 1. The van der Waals surface area contributed by atoms with Crippen molar-refractivity contribution in [2.45, 2.75) is 46.2 Å². The second kappa shape index (κ2) is 10.8. The summed E-state index contributed by atoms with van der Waals surface area (Å²) in [5.74, 6) is -0.00632. The summed E-state index contributed by atoms with van der Waals surface area (Å²) in [7, 11) is 0. The first-order chi connectivity index (χ1) is 19.9. The number of carbonyl (C=O) groups is 1. The number of aromatic nitrogens is 2. The van der Waals surface area contributed by atoms with Crippen molar-refractivity contribution in [1.29, 1.82) is 0 Å². The van der Waals surface area contributed by atoms with Gasteiger partial charge >= 0.3 is 0 Å². The Morgan fingerprint density at radius 1 is 0.976 bits per heavy atom. The average Bonchev–Trinajstić information content (AvgIpc) is 3.48. The molecule has 1 saturated heterocycles. The van der Waals surface area contributed by atoms with Gasteiger partial charge in [-0.05, 0) is 92.0 Å². The number of benzene rings is 3. The van der Waals surface area contributed by atoms with Gasteiger partial charge in [-0.2, -0.15) is 0 Å². The Kier molecular flexibility index (Phi) is 7.05. The van der Waals surface area contributed by atoms with Crippen LogP contribution in [0.2, 0.25) is 0 Å². The minimum absolute atomic E-state index is 0.00632. The molecule has 2 atom stereocenters. The Morgan fingerprint density at radius 3 is 2.51 bits per heavy atom. The number of thiocarbonyl (C=S) groups is 1. The third-order valence-electron chi connectivity index (χ3n) is 7.98. The molecule has 6 nitrogen and oxygen atoms in total. The third-order valence-corrected chi connectivity index (χ3v) is 8.29. The maximum atomic E-state index is 12.1. The van der Waals surface area contributed by atoms with Gasteiger partial charge in [0.25, 0.3) is 0 Å². The van der Waals surface area contributed by atoms with Crippen molar-refractivity contribution in [1.82, 2.24) is 14.9 Å². The van der Waals surface area contributed by atoms with Crippen LogP contribution in [0, 0.1) is 20.8 Å². The first-order valence-corrected chi connectivity index (χ1v) is 14.4. The number of hydrogen-bond acceptors (Lipinski definition) is 3. The summed E-state index contributed by atoms with van der Waals surface area (Å²) in [4.78, 5) is 19.0. The summed E-state index contributed by atoms with van der Waals surface area (Å²) >= 11 is 5.99. The standard InChI is InChI=1S/C34H33N5OS/c1-5-31(40)36-28-17-16-25(19-21(28)2)39-33(32(37-34(39)41)29-14-8-9-18-35-29)27-20-22(3)38(23(27)4)30-15-10-12-24-11-6-7-13-26(24)30/h6-20,32-33H,5H2,1-4H3,(H,36,40)(H,37,41)/t32-,33+/m0/s1. The molecule has 0 bridgehead atoms. The number of hydrogen-bond donors (Lipinski definition) is 2. The summed E-state index contributed by atoms with van der Waals surface area (Å²) in [5, 5.41) is 9.65. The topological polar surface area (TPSA) is 62.2 Å². The van der Waals surface area contributed by atoms with Crippen LogP contribution in [0.25, 0.3) is 16.5 Å². The maximum absolute atomic E-state index is 12.1. The van der Waals surface area contributed by atoms with Crippen LogP contribution in [0.1, 0.15) is 53.6 Å². The summed E-state index contributed by atoms with van der Waals surface area (Å²) in [6, 6.07) is 29.0. The molecule has 1 amide bonds. The monoisotopic (exact) mass is 559 g/mol. The normalized spacial score (nSPS) is 16.7. The number of aryl methyl sites for hydroxylation is 2. The number of rotatable bonds is 6. The van der Waals surface area contributed by atoms with E-state index in [1.54, 1.807) is 0 Å². The SMILES string of the molecule is CCC(=O)Nc1ccc(N2C(=S)N[C@@H](c3ccccn3)[C@H]2c2cc(C)n(-c3cccc4ccccc34)c2C)cc1C. The van der Waals surface area contributed by atoms with E-state index in [1.165, 1.54) is 16.3 Å². The van der Waals surface area contributed by atoms with E-state index in [0.717, 1.165) is 39.7 Å². The first-order valence-electron chi connectivity index (χ1n) is 14.0. The van der Waals surface area contributed by atoms with Gasteiger partial charge in [-0.3, -0.25) is 9.78 Å². The lowest BCUT2D eigenvalue weighted by Gasteiger charge is -2.29. The lowest BCUT2D eigenvalue weighted by Crippen LogP contribution is -2.29. The number of amides is 1. The second-order valence-electron chi connectivity index (χ2n) is 10.6. The number of pyridine rings is 1. The fraction of sp³-hybridized carbons (Fsp3) is 0.206. The lowest BCUT2D eigenvalue weighted by molar-refractivity contribution is -0.115. The van der Waals surface area contributed by atoms with E-state index in [4.69, 9.17) is 17.2 Å². The highest BCUT2D eigenvalue weighted by Gasteiger charge is 2.42. The van der Waals surface area contributed by atoms with E-state index < -0.39 is 0 Å². The van der Waals surface area contributed by atoms with Crippen LogP contribution in [0.5, 0.6) is 0 Å². The number of nitrogens with one attached hydrogen (secondary N) is 2. The average molecular weight is 560 g/mol. The van der Waals surface area contributed by atoms with Crippen LogP contribution in [0.3, 0.4) is 0 Å². The molecule has 6 rings (SSSR count). The predicted molar refractivity (Wildman–Crippen MR) is 171 cm³/mol. The first kappa shape index (κ1) is 26.7. The van der Waals surface area contributed by atoms with Crippen LogP contribution in [0.15, 0.2) is 91.1 Å². The van der Waals surface area contributed by atoms with E-state index >= 15 is 0 Å². The molecule has 2 N–H and O–H groups in total. The Balaban J connectivity index is 1.50. The quantitative estimate of drug-likeness (QED) is 0.211. The highest BCUT2D eigenvalue weighted by Crippen LogP contribution is 2.44. The molecular weight excluding hydrogens is 526 g/mol. The van der Waals surface area contributed by atoms with Gasteiger partial charge in [-0.15, -0.1) is 0 Å². The van der Waals surface area contributed by atoms with Gasteiger partial charge in [0, 0.05) is 40.8 Å². The molecule has 0 radical (unpaired) electrons. The molecule has 2 aromatic heterocycles. The van der Waals surface area contributed by atoms with Gasteiger partial charge in [0.1, 0.15) is 0 Å². The van der Waals surface area contributed by atoms with Crippen LogP contribution < -0.4 is 15.5 Å². The van der Waals surface area contributed by atoms with Gasteiger partial charge in [0.2, 0.25) is 5.91 Å². The molecule has 3 heterocycles.